The minimum atomic E-state index is -0.00194. The predicted molar refractivity (Wildman–Crippen MR) is 70.9 cm³/mol. The van der Waals surface area contributed by atoms with Crippen LogP contribution >= 0.6 is 11.6 Å². The van der Waals surface area contributed by atoms with Crippen molar-refractivity contribution in [1.29, 1.82) is 0 Å². The summed E-state index contributed by atoms with van der Waals surface area (Å²) < 4.78 is 5.38. The lowest BCUT2D eigenvalue weighted by molar-refractivity contribution is -0.116. The van der Waals surface area contributed by atoms with Gasteiger partial charge in [-0.15, -0.1) is 11.6 Å². The van der Waals surface area contributed by atoms with Gasteiger partial charge in [0.25, 0.3) is 0 Å². The molecule has 0 aliphatic carbocycles. The highest BCUT2D eigenvalue weighted by Gasteiger charge is 2.05. The van der Waals surface area contributed by atoms with Gasteiger partial charge in [-0.25, -0.2) is 0 Å². The molecule has 1 N–H and O–H groups in total. The lowest BCUT2D eigenvalue weighted by Crippen LogP contribution is -2.12. The second-order valence-corrected chi connectivity index (χ2v) is 4.13. The quantitative estimate of drug-likeness (QED) is 0.792. The summed E-state index contributed by atoms with van der Waals surface area (Å²) in [6.07, 6.45) is 1.15. The third kappa shape index (κ3) is 4.65. The minimum Gasteiger partial charge on any atom is -0.494 e. The average Bonchev–Trinajstić information content (AvgIpc) is 2.30. The molecule has 0 atom stereocenters. The Morgan fingerprint density at radius 3 is 2.82 bits per heavy atom. The zero-order valence-corrected chi connectivity index (χ0v) is 11.0. The van der Waals surface area contributed by atoms with E-state index in [9.17, 15) is 4.79 Å². The minimum absolute atomic E-state index is 0.00194. The molecule has 1 aromatic carbocycles. The summed E-state index contributed by atoms with van der Waals surface area (Å²) in [5.74, 6) is 1.33. The van der Waals surface area contributed by atoms with E-state index in [-0.39, 0.29) is 5.91 Å². The molecule has 1 amide bonds. The number of hydrogen-bond acceptors (Lipinski definition) is 2. The van der Waals surface area contributed by atoms with Crippen LogP contribution in [0.25, 0.3) is 0 Å². The van der Waals surface area contributed by atoms with Crippen molar-refractivity contribution in [2.24, 2.45) is 0 Å². The van der Waals surface area contributed by atoms with Crippen LogP contribution in [0.5, 0.6) is 5.75 Å². The second-order valence-electron chi connectivity index (χ2n) is 3.75. The van der Waals surface area contributed by atoms with Crippen molar-refractivity contribution in [3.63, 3.8) is 0 Å². The van der Waals surface area contributed by atoms with E-state index >= 15 is 0 Å². The number of anilines is 1. The predicted octanol–water partition coefficient (Wildman–Crippen LogP) is 3.35. The molecule has 0 aliphatic heterocycles. The fourth-order valence-corrected chi connectivity index (χ4v) is 1.61. The van der Waals surface area contributed by atoms with Crippen LogP contribution in [-0.2, 0) is 4.79 Å². The van der Waals surface area contributed by atoms with E-state index in [1.807, 2.05) is 32.0 Å². The van der Waals surface area contributed by atoms with Gasteiger partial charge in [-0.2, -0.15) is 0 Å². The van der Waals surface area contributed by atoms with Crippen molar-refractivity contribution in [2.75, 3.05) is 17.8 Å². The molecular formula is C13H18ClNO2. The molecule has 17 heavy (non-hydrogen) atoms. The third-order valence-electron chi connectivity index (χ3n) is 2.32. The number of carbonyl (C=O) groups excluding carboxylic acids is 1. The average molecular weight is 256 g/mol. The van der Waals surface area contributed by atoms with Gasteiger partial charge in [0, 0.05) is 18.0 Å². The SMILES string of the molecule is CCOc1ccc(NC(=O)CCCCl)c(C)c1. The van der Waals surface area contributed by atoms with Crippen molar-refractivity contribution < 1.29 is 9.53 Å². The van der Waals surface area contributed by atoms with Crippen molar-refractivity contribution in [3.8, 4) is 5.75 Å². The third-order valence-corrected chi connectivity index (χ3v) is 2.59. The Labute approximate surface area is 107 Å². The fraction of sp³-hybridized carbons (Fsp3) is 0.462. The maximum atomic E-state index is 11.5. The van der Waals surface area contributed by atoms with Gasteiger partial charge in [-0.1, -0.05) is 0 Å². The van der Waals surface area contributed by atoms with Crippen LogP contribution in [0.4, 0.5) is 5.69 Å². The van der Waals surface area contributed by atoms with E-state index in [4.69, 9.17) is 16.3 Å². The Kier molecular flexibility index (Phi) is 5.84. The molecule has 0 aromatic heterocycles. The summed E-state index contributed by atoms with van der Waals surface area (Å²) >= 11 is 5.54. The van der Waals surface area contributed by atoms with Crippen molar-refractivity contribution in [1.82, 2.24) is 0 Å². The molecule has 1 aromatic rings. The first-order valence-electron chi connectivity index (χ1n) is 5.76. The van der Waals surface area contributed by atoms with Crippen LogP contribution in [0, 0.1) is 6.92 Å². The summed E-state index contributed by atoms with van der Waals surface area (Å²) in [5.41, 5.74) is 1.82. The zero-order valence-electron chi connectivity index (χ0n) is 10.3. The number of amides is 1. The number of alkyl halides is 1. The largest absolute Gasteiger partial charge is 0.494 e. The lowest BCUT2D eigenvalue weighted by atomic mass is 10.2. The normalized spacial score (nSPS) is 10.1. The molecule has 94 valence electrons. The Bertz CT molecular complexity index is 380. The lowest BCUT2D eigenvalue weighted by Gasteiger charge is -2.10. The van der Waals surface area contributed by atoms with Gasteiger partial charge in [-0.3, -0.25) is 4.79 Å². The molecule has 0 bridgehead atoms. The summed E-state index contributed by atoms with van der Waals surface area (Å²) in [7, 11) is 0. The number of benzene rings is 1. The summed E-state index contributed by atoms with van der Waals surface area (Å²) in [4.78, 5) is 11.5. The summed E-state index contributed by atoms with van der Waals surface area (Å²) in [6.45, 7) is 4.53. The molecule has 0 heterocycles. The van der Waals surface area contributed by atoms with Crippen LogP contribution < -0.4 is 10.1 Å². The number of hydrogen-bond donors (Lipinski definition) is 1. The highest BCUT2D eigenvalue weighted by Crippen LogP contribution is 2.21. The maximum absolute atomic E-state index is 11.5. The van der Waals surface area contributed by atoms with Gasteiger partial charge in [-0.05, 0) is 44.0 Å². The van der Waals surface area contributed by atoms with Crippen molar-refractivity contribution in [3.05, 3.63) is 23.8 Å². The molecule has 0 saturated carbocycles. The van der Waals surface area contributed by atoms with Crippen LogP contribution in [-0.4, -0.2) is 18.4 Å². The Morgan fingerprint density at radius 2 is 2.24 bits per heavy atom. The van der Waals surface area contributed by atoms with Gasteiger partial charge in [0.1, 0.15) is 5.75 Å². The molecule has 0 spiro atoms. The molecule has 0 radical (unpaired) electrons. The fourth-order valence-electron chi connectivity index (χ4n) is 1.47. The smallest absolute Gasteiger partial charge is 0.224 e. The van der Waals surface area contributed by atoms with E-state index < -0.39 is 0 Å². The molecular weight excluding hydrogens is 238 g/mol. The van der Waals surface area contributed by atoms with E-state index in [0.717, 1.165) is 17.0 Å². The highest BCUT2D eigenvalue weighted by atomic mass is 35.5. The summed E-state index contributed by atoms with van der Waals surface area (Å²) in [5, 5.41) is 2.86. The molecule has 0 aliphatic rings. The first kappa shape index (κ1) is 13.8. The van der Waals surface area contributed by atoms with Crippen molar-refractivity contribution in [2.45, 2.75) is 26.7 Å². The van der Waals surface area contributed by atoms with Gasteiger partial charge in [0.2, 0.25) is 5.91 Å². The topological polar surface area (TPSA) is 38.3 Å². The maximum Gasteiger partial charge on any atom is 0.224 e. The van der Waals surface area contributed by atoms with Crippen LogP contribution in [0.1, 0.15) is 25.3 Å². The Morgan fingerprint density at radius 1 is 1.47 bits per heavy atom. The number of nitrogens with one attached hydrogen (secondary N) is 1. The summed E-state index contributed by atoms with van der Waals surface area (Å²) in [6, 6.07) is 5.63. The van der Waals surface area contributed by atoms with Gasteiger partial charge in [0.05, 0.1) is 6.61 Å². The highest BCUT2D eigenvalue weighted by molar-refractivity contribution is 6.18. The van der Waals surface area contributed by atoms with E-state index in [1.54, 1.807) is 0 Å². The molecule has 1 rings (SSSR count). The van der Waals surface area contributed by atoms with Gasteiger partial charge in [0.15, 0.2) is 0 Å². The van der Waals surface area contributed by atoms with Crippen LogP contribution in [0.2, 0.25) is 0 Å². The molecule has 0 fully saturated rings. The van der Waals surface area contributed by atoms with Crippen molar-refractivity contribution >= 4 is 23.2 Å². The van der Waals surface area contributed by atoms with Gasteiger partial charge < -0.3 is 10.1 Å². The second kappa shape index (κ2) is 7.17. The van der Waals surface area contributed by atoms with E-state index in [2.05, 4.69) is 5.32 Å². The number of ether oxygens (including phenoxy) is 1. The number of carbonyl (C=O) groups is 1. The first-order valence-corrected chi connectivity index (χ1v) is 6.30. The Balaban J connectivity index is 2.62. The Hall–Kier alpha value is -1.22. The number of aryl methyl sites for hydroxylation is 1. The number of halogens is 1. The number of rotatable bonds is 6. The molecule has 0 unspecified atom stereocenters. The molecule has 3 nitrogen and oxygen atoms in total. The first-order chi connectivity index (χ1) is 8.17. The molecule has 4 heteroatoms. The zero-order chi connectivity index (χ0) is 12.7. The van der Waals surface area contributed by atoms with Gasteiger partial charge >= 0.3 is 0 Å². The van der Waals surface area contributed by atoms with Crippen LogP contribution in [0.15, 0.2) is 18.2 Å². The monoisotopic (exact) mass is 255 g/mol. The van der Waals surface area contributed by atoms with E-state index in [1.165, 1.54) is 0 Å². The molecule has 0 saturated heterocycles. The van der Waals surface area contributed by atoms with E-state index in [0.29, 0.717) is 25.3 Å². The van der Waals surface area contributed by atoms with Crippen LogP contribution in [0.3, 0.4) is 0 Å². The standard InChI is InChI=1S/C13H18ClNO2/c1-3-17-11-6-7-12(10(2)9-11)15-13(16)5-4-8-14/h6-7,9H,3-5,8H2,1-2H3,(H,15,16).